The average Bonchev–Trinajstić information content (AvgIpc) is 3.07. The first-order chi connectivity index (χ1) is 8.93. The van der Waals surface area contributed by atoms with Crippen molar-refractivity contribution < 1.29 is 22.2 Å². The molecule has 0 atom stereocenters. The third kappa shape index (κ3) is 11.1. The van der Waals surface area contributed by atoms with Crippen molar-refractivity contribution in [2.75, 3.05) is 13.2 Å². The molecule has 2 saturated carbocycles. The molecule has 2 fully saturated rings. The molecule has 0 aromatic rings. The minimum Gasteiger partial charge on any atom is -0.394 e. The molecular weight excluding hydrogens is 280 g/mol. The number of nitrogens with zero attached hydrogens (tertiary/aromatic N) is 1. The molecule has 0 spiro atoms. The van der Waals surface area contributed by atoms with Gasteiger partial charge in [-0.05, 0) is 57.8 Å². The molecule has 2 aliphatic rings. The molecule has 0 unspecified atom stereocenters. The Bertz CT molecular complexity index is 266. The summed E-state index contributed by atoms with van der Waals surface area (Å²) in [5, 5.41) is 12.2. The Kier molecular flexibility index (Phi) is 13.6. The van der Waals surface area contributed by atoms with Crippen molar-refractivity contribution in [3.05, 3.63) is 63.7 Å². The molecule has 0 heterocycles. The fourth-order valence-corrected chi connectivity index (χ4v) is 1.09. The van der Waals surface area contributed by atoms with E-state index >= 15 is 0 Å². The fraction of sp³-hybridized carbons (Fsp3) is 0.133. The van der Waals surface area contributed by atoms with E-state index in [4.69, 9.17) is 5.11 Å². The van der Waals surface area contributed by atoms with E-state index < -0.39 is 0 Å². The zero-order chi connectivity index (χ0) is 12.9. The van der Waals surface area contributed by atoms with Gasteiger partial charge in [-0.25, -0.2) is 0 Å². The van der Waals surface area contributed by atoms with Crippen LogP contribution in [0.4, 0.5) is 0 Å². The van der Waals surface area contributed by atoms with Crippen molar-refractivity contribution in [3.63, 3.8) is 0 Å². The summed E-state index contributed by atoms with van der Waals surface area (Å²) in [6.45, 7) is 0.530. The van der Waals surface area contributed by atoms with Crippen LogP contribution in [0, 0.1) is 75.5 Å². The van der Waals surface area contributed by atoms with Gasteiger partial charge in [-0.1, -0.05) is 11.8 Å². The van der Waals surface area contributed by atoms with Gasteiger partial charge in [0, 0.05) is 0 Å². The minimum atomic E-state index is 0. The second-order valence-corrected chi connectivity index (χ2v) is 3.30. The number of aliphatic hydroxyl groups is 1. The fourth-order valence-electron chi connectivity index (χ4n) is 1.09. The molecule has 0 aliphatic heterocycles. The average molecular weight is 296 g/mol. The van der Waals surface area contributed by atoms with Gasteiger partial charge in [-0.3, -0.25) is 0 Å². The van der Waals surface area contributed by atoms with Crippen LogP contribution < -0.4 is 5.43 Å². The van der Waals surface area contributed by atoms with E-state index in [1.54, 1.807) is 0 Å². The Labute approximate surface area is 128 Å². The zero-order valence-corrected chi connectivity index (χ0v) is 11.5. The van der Waals surface area contributed by atoms with E-state index in [1.165, 1.54) is 6.21 Å². The summed E-state index contributed by atoms with van der Waals surface area (Å²) in [6, 6.07) is 0. The van der Waals surface area contributed by atoms with E-state index in [1.807, 2.05) is 57.8 Å². The van der Waals surface area contributed by atoms with Gasteiger partial charge in [-0.2, -0.15) is 5.10 Å². The Balaban J connectivity index is 0.000000454. The molecule has 0 amide bonds. The molecule has 0 saturated heterocycles. The molecule has 0 aromatic heterocycles. The molecule has 10 radical (unpaired) electrons. The summed E-state index contributed by atoms with van der Waals surface area (Å²) in [6.07, 6.45) is 19.2. The zero-order valence-electron chi connectivity index (χ0n) is 10.4. The third-order valence-corrected chi connectivity index (χ3v) is 1.88. The van der Waals surface area contributed by atoms with E-state index in [-0.39, 0.29) is 23.7 Å². The monoisotopic (exact) mass is 296 g/mol. The standard InChI is InChI=1S/C10H11N2O.C5H5.Fe/c13-9-8-12-11-7-3-6-10-4-1-2-5-10;1-2-4-5-3-1;/h1-2,4-5,7,12-13H,8-9H2;1-5H;/q;;+2/b11-7-;;. The van der Waals surface area contributed by atoms with Crippen LogP contribution in [0.2, 0.25) is 0 Å². The summed E-state index contributed by atoms with van der Waals surface area (Å²) in [4.78, 5) is 0. The van der Waals surface area contributed by atoms with Crippen molar-refractivity contribution in [1.29, 1.82) is 0 Å². The number of nitrogens with one attached hydrogen (secondary N) is 1. The van der Waals surface area contributed by atoms with Crippen LogP contribution in [-0.2, 0) is 17.1 Å². The summed E-state index contributed by atoms with van der Waals surface area (Å²) < 4.78 is 0. The Morgan fingerprint density at radius 2 is 1.63 bits per heavy atom. The van der Waals surface area contributed by atoms with Gasteiger partial charge in [-0.15, -0.1) is 0 Å². The van der Waals surface area contributed by atoms with Gasteiger partial charge in [0.05, 0.1) is 25.3 Å². The summed E-state index contributed by atoms with van der Waals surface area (Å²) in [5.74, 6) is 6.64. The smallest absolute Gasteiger partial charge is 0.394 e. The summed E-state index contributed by atoms with van der Waals surface area (Å²) in [7, 11) is 0. The maximum atomic E-state index is 8.40. The molecule has 0 bridgehead atoms. The third-order valence-electron chi connectivity index (χ3n) is 1.88. The van der Waals surface area contributed by atoms with Gasteiger partial charge in [0.1, 0.15) is 0 Å². The van der Waals surface area contributed by atoms with Crippen LogP contribution in [-0.4, -0.2) is 24.5 Å². The number of rotatable bonds is 3. The van der Waals surface area contributed by atoms with Crippen molar-refractivity contribution in [3.8, 4) is 11.8 Å². The maximum Gasteiger partial charge on any atom is 2.00 e. The van der Waals surface area contributed by atoms with E-state index in [2.05, 4.69) is 22.4 Å². The van der Waals surface area contributed by atoms with Crippen molar-refractivity contribution in [2.24, 2.45) is 5.10 Å². The van der Waals surface area contributed by atoms with E-state index in [0.717, 1.165) is 5.92 Å². The largest absolute Gasteiger partial charge is 2.00 e. The second kappa shape index (κ2) is 13.9. The predicted molar refractivity (Wildman–Crippen MR) is 73.3 cm³/mol. The summed E-state index contributed by atoms with van der Waals surface area (Å²) >= 11 is 0. The number of aliphatic hydroxyl groups excluding tert-OH is 1. The SMILES string of the molecule is OCCN/N=C\C#C[C]1[CH][CH][CH][CH]1.[CH]1[CH][CH][CH][CH]1.[Fe+2]. The van der Waals surface area contributed by atoms with Gasteiger partial charge >= 0.3 is 17.1 Å². The Morgan fingerprint density at radius 3 is 2.16 bits per heavy atom. The first-order valence-corrected chi connectivity index (χ1v) is 5.68. The van der Waals surface area contributed by atoms with Crippen LogP contribution in [0.5, 0.6) is 0 Å². The first-order valence-electron chi connectivity index (χ1n) is 5.68. The van der Waals surface area contributed by atoms with Crippen LogP contribution in [0.25, 0.3) is 0 Å². The van der Waals surface area contributed by atoms with Crippen molar-refractivity contribution in [2.45, 2.75) is 0 Å². The second-order valence-electron chi connectivity index (χ2n) is 3.30. The molecule has 3 nitrogen and oxygen atoms in total. The van der Waals surface area contributed by atoms with Crippen LogP contribution in [0.15, 0.2) is 5.10 Å². The van der Waals surface area contributed by atoms with E-state index in [0.29, 0.717) is 6.54 Å². The van der Waals surface area contributed by atoms with Crippen molar-refractivity contribution in [1.82, 2.24) is 5.43 Å². The molecule has 19 heavy (non-hydrogen) atoms. The number of hydrazone groups is 1. The molecule has 4 heteroatoms. The quantitative estimate of drug-likeness (QED) is 0.268. The molecular formula is C15H16FeN2O+2. The van der Waals surface area contributed by atoms with Crippen LogP contribution in [0.1, 0.15) is 0 Å². The van der Waals surface area contributed by atoms with Crippen LogP contribution in [0.3, 0.4) is 0 Å². The summed E-state index contributed by atoms with van der Waals surface area (Å²) in [5.41, 5.74) is 2.63. The van der Waals surface area contributed by atoms with Crippen molar-refractivity contribution >= 4 is 6.21 Å². The molecule has 2 N–H and O–H groups in total. The van der Waals surface area contributed by atoms with Crippen LogP contribution >= 0.6 is 0 Å². The van der Waals surface area contributed by atoms with Gasteiger partial charge in [0.15, 0.2) is 0 Å². The number of hydrogen-bond acceptors (Lipinski definition) is 3. The molecule has 0 aromatic carbocycles. The van der Waals surface area contributed by atoms with Gasteiger partial charge < -0.3 is 10.5 Å². The van der Waals surface area contributed by atoms with Gasteiger partial charge in [0.25, 0.3) is 0 Å². The maximum absolute atomic E-state index is 8.40. The van der Waals surface area contributed by atoms with Gasteiger partial charge in [0.2, 0.25) is 0 Å². The Morgan fingerprint density at radius 1 is 1.05 bits per heavy atom. The topological polar surface area (TPSA) is 44.6 Å². The predicted octanol–water partition coefficient (Wildman–Crippen LogP) is 0.982. The normalized spacial score (nSPS) is 18.2. The molecule has 2 rings (SSSR count). The Hall–Kier alpha value is -0.491. The molecule has 2 aliphatic carbocycles. The number of hydrogen-bond donors (Lipinski definition) is 2. The minimum absolute atomic E-state index is 0. The van der Waals surface area contributed by atoms with E-state index in [9.17, 15) is 0 Å². The first kappa shape index (κ1) is 18.5. The molecule has 98 valence electrons.